The second-order valence-corrected chi connectivity index (χ2v) is 16.3. The molecule has 0 unspecified atom stereocenters. The molecule has 0 aliphatic rings. The number of para-hydroxylation sites is 3. The number of nitrogens with zero attached hydrogens (tertiary/aromatic N) is 5. The third-order valence-corrected chi connectivity index (χ3v) is 12.6. The van der Waals surface area contributed by atoms with E-state index in [2.05, 4.69) is 246 Å². The van der Waals surface area contributed by atoms with E-state index in [-0.39, 0.29) is 13.4 Å². The molecular formula is C57H39B2N5. The Labute approximate surface area is 372 Å². The van der Waals surface area contributed by atoms with Crippen molar-refractivity contribution in [1.29, 1.82) is 0 Å². The minimum atomic E-state index is -0.233. The zero-order valence-corrected chi connectivity index (χ0v) is 34.9. The Hall–Kier alpha value is -8.28. The molecular weight excluding hydrogens is 776 g/mol. The lowest BCUT2D eigenvalue weighted by Gasteiger charge is -2.19. The molecule has 7 heteroatoms. The Morgan fingerprint density at radius 3 is 1.12 bits per heavy atom. The molecule has 298 valence electrons. The van der Waals surface area contributed by atoms with Crippen LogP contribution < -0.4 is 33.3 Å². The topological polar surface area (TPSA) is 48.5 Å². The summed E-state index contributed by atoms with van der Waals surface area (Å²) in [5.41, 5.74) is 13.5. The second-order valence-electron chi connectivity index (χ2n) is 16.3. The highest BCUT2D eigenvalue weighted by Crippen LogP contribution is 2.41. The molecule has 0 fully saturated rings. The largest absolute Gasteiger partial charge is 0.307 e. The van der Waals surface area contributed by atoms with Gasteiger partial charge in [-0.05, 0) is 36.4 Å². The summed E-state index contributed by atoms with van der Waals surface area (Å²) in [6.45, 7) is -0.465. The van der Waals surface area contributed by atoms with E-state index in [4.69, 9.17) is 15.0 Å². The van der Waals surface area contributed by atoms with Gasteiger partial charge >= 0.3 is 0 Å². The molecule has 0 atom stereocenters. The van der Waals surface area contributed by atoms with Crippen LogP contribution >= 0.6 is 0 Å². The Balaban J connectivity index is 1.13. The average Bonchev–Trinajstić information content (AvgIpc) is 3.89. The van der Waals surface area contributed by atoms with E-state index in [1.54, 1.807) is 0 Å². The molecule has 0 radical (unpaired) electrons. The van der Waals surface area contributed by atoms with Crippen LogP contribution in [0.4, 0.5) is 0 Å². The summed E-state index contributed by atoms with van der Waals surface area (Å²) in [4.78, 5) is 16.4. The van der Waals surface area contributed by atoms with E-state index < -0.39 is 0 Å². The fourth-order valence-electron chi connectivity index (χ4n) is 9.76. The predicted molar refractivity (Wildman–Crippen MR) is 269 cm³/mol. The number of benzene rings is 9. The average molecular weight is 816 g/mol. The van der Waals surface area contributed by atoms with Crippen LogP contribution in [-0.2, 0) is 0 Å². The number of hydrogen-bond donors (Lipinski definition) is 0. The molecule has 0 aliphatic heterocycles. The van der Waals surface area contributed by atoms with Crippen molar-refractivity contribution >= 4 is 90.3 Å². The maximum Gasteiger partial charge on any atom is 0.290 e. The van der Waals surface area contributed by atoms with Crippen LogP contribution in [-0.4, -0.2) is 37.5 Å². The third kappa shape index (κ3) is 6.40. The summed E-state index contributed by atoms with van der Waals surface area (Å²) < 4.78 is 4.86. The summed E-state index contributed by atoms with van der Waals surface area (Å²) in [7, 11) is 0. The van der Waals surface area contributed by atoms with Gasteiger partial charge in [0.1, 0.15) is 11.4 Å². The molecule has 0 amide bonds. The van der Waals surface area contributed by atoms with E-state index in [0.29, 0.717) is 17.3 Å². The van der Waals surface area contributed by atoms with Crippen LogP contribution in [0.2, 0.25) is 0 Å². The molecule has 3 heterocycles. The van der Waals surface area contributed by atoms with Crippen molar-refractivity contribution < 1.29 is 0 Å². The number of aromatic nitrogens is 5. The lowest BCUT2D eigenvalue weighted by atomic mass is 9.38. The number of rotatable bonds is 9. The molecule has 5 nitrogen and oxygen atoms in total. The maximum absolute atomic E-state index is 5.48. The quantitative estimate of drug-likeness (QED) is 0.137. The van der Waals surface area contributed by atoms with E-state index in [1.807, 2.05) is 0 Å². The fraction of sp³-hybridized carbons (Fsp3) is 0. The van der Waals surface area contributed by atoms with E-state index in [0.717, 1.165) is 49.8 Å². The molecule has 0 N–H and O–H groups in total. The second kappa shape index (κ2) is 15.9. The monoisotopic (exact) mass is 815 g/mol. The predicted octanol–water partition coefficient (Wildman–Crippen LogP) is 8.77. The summed E-state index contributed by atoms with van der Waals surface area (Å²) in [5.74, 6) is 0.625. The van der Waals surface area contributed by atoms with Gasteiger partial charge in [0.2, 0.25) is 0 Å². The van der Waals surface area contributed by atoms with Crippen LogP contribution in [0.5, 0.6) is 0 Å². The smallest absolute Gasteiger partial charge is 0.290 e. The highest BCUT2D eigenvalue weighted by atomic mass is 15.1. The van der Waals surface area contributed by atoms with Gasteiger partial charge in [-0.15, -0.1) is 0 Å². The zero-order valence-electron chi connectivity index (χ0n) is 34.9. The highest BCUT2D eigenvalue weighted by Gasteiger charge is 2.31. The molecule has 0 spiro atoms. The van der Waals surface area contributed by atoms with Gasteiger partial charge in [-0.1, -0.05) is 222 Å². The molecule has 0 aliphatic carbocycles. The molecule has 64 heavy (non-hydrogen) atoms. The maximum atomic E-state index is 5.48. The lowest BCUT2D eigenvalue weighted by molar-refractivity contribution is 1.13. The molecule has 12 rings (SSSR count). The Kier molecular flexibility index (Phi) is 9.30. The fourth-order valence-corrected chi connectivity index (χ4v) is 9.76. The number of hydrogen-bond acceptors (Lipinski definition) is 3. The van der Waals surface area contributed by atoms with Crippen molar-refractivity contribution in [3.05, 3.63) is 237 Å². The summed E-state index contributed by atoms with van der Waals surface area (Å²) in [6.07, 6.45) is 0. The first-order valence-electron chi connectivity index (χ1n) is 21.9. The van der Waals surface area contributed by atoms with Gasteiger partial charge in [-0.2, -0.15) is 0 Å². The van der Waals surface area contributed by atoms with Crippen molar-refractivity contribution in [3.63, 3.8) is 0 Å². The van der Waals surface area contributed by atoms with Gasteiger partial charge in [-0.25, -0.2) is 15.0 Å². The molecule has 0 bridgehead atoms. The molecule has 0 saturated carbocycles. The SMILES string of the molecule is c1ccc(B(c2ccccc2)c2nc(B(c3ccccc3)c3ccccc3)nc(-c3cccc(-n4c5ccccc5c5ccc6c7ccccc7n(-c7ccccc7)c6c54)c3)n2)cc1. The normalized spacial score (nSPS) is 11.4. The Morgan fingerprint density at radius 2 is 0.672 bits per heavy atom. The first-order chi connectivity index (χ1) is 31.8. The molecule has 9 aromatic carbocycles. The first kappa shape index (κ1) is 37.5. The van der Waals surface area contributed by atoms with E-state index in [1.165, 1.54) is 32.6 Å². The van der Waals surface area contributed by atoms with Crippen LogP contribution in [0.25, 0.3) is 66.4 Å². The van der Waals surface area contributed by atoms with Crippen LogP contribution in [0.3, 0.4) is 0 Å². The molecule has 0 saturated heterocycles. The lowest BCUT2D eigenvalue weighted by Crippen LogP contribution is -2.61. The molecule has 12 aromatic rings. The van der Waals surface area contributed by atoms with Crippen LogP contribution in [0.1, 0.15) is 0 Å². The minimum absolute atomic E-state index is 0.233. The van der Waals surface area contributed by atoms with Crippen LogP contribution in [0, 0.1) is 0 Å². The van der Waals surface area contributed by atoms with Gasteiger partial charge in [0.25, 0.3) is 13.4 Å². The first-order valence-corrected chi connectivity index (χ1v) is 21.9. The van der Waals surface area contributed by atoms with Gasteiger partial charge in [0, 0.05) is 38.5 Å². The Morgan fingerprint density at radius 1 is 0.297 bits per heavy atom. The Bertz CT molecular complexity index is 3430. The summed E-state index contributed by atoms with van der Waals surface area (Å²) >= 11 is 0. The molecule has 3 aromatic heterocycles. The van der Waals surface area contributed by atoms with Gasteiger partial charge in [0.05, 0.1) is 22.1 Å². The van der Waals surface area contributed by atoms with Gasteiger partial charge < -0.3 is 9.13 Å². The standard InChI is InChI=1S/C57H39B2N5/c1-6-22-41(23-7-1)58(42-24-8-2-9-25-42)56-60-55(61-57(62-56)59(43-26-10-3-11-27-43)44-28-12-4-13-29-44)40-21-20-32-46(39-40)64-52-36-19-17-34-48(52)50-38-37-49-47-33-16-18-35-51(47)63(53(49)54(50)64)45-30-14-5-15-31-45/h1-39H. The van der Waals surface area contributed by atoms with E-state index >= 15 is 0 Å². The van der Waals surface area contributed by atoms with Crippen molar-refractivity contribution in [2.24, 2.45) is 0 Å². The zero-order chi connectivity index (χ0) is 42.4. The van der Waals surface area contributed by atoms with Crippen molar-refractivity contribution in [3.8, 4) is 22.8 Å². The highest BCUT2D eigenvalue weighted by molar-refractivity contribution is 6.96. The van der Waals surface area contributed by atoms with Crippen molar-refractivity contribution in [2.45, 2.75) is 0 Å². The van der Waals surface area contributed by atoms with Gasteiger partial charge in [-0.3, -0.25) is 0 Å². The van der Waals surface area contributed by atoms with Crippen molar-refractivity contribution in [2.75, 3.05) is 0 Å². The number of fused-ring (bicyclic) bond motifs is 7. The summed E-state index contributed by atoms with van der Waals surface area (Å²) in [6, 6.07) is 83.9. The summed E-state index contributed by atoms with van der Waals surface area (Å²) in [5, 5.41) is 4.82. The van der Waals surface area contributed by atoms with Crippen molar-refractivity contribution in [1.82, 2.24) is 24.1 Å². The third-order valence-electron chi connectivity index (χ3n) is 12.6. The van der Waals surface area contributed by atoms with E-state index in [9.17, 15) is 0 Å². The van der Waals surface area contributed by atoms with Crippen LogP contribution in [0.15, 0.2) is 237 Å². The van der Waals surface area contributed by atoms with Gasteiger partial charge in [0.15, 0.2) is 5.82 Å². The minimum Gasteiger partial charge on any atom is -0.307 e.